The van der Waals surface area contributed by atoms with Crippen molar-refractivity contribution in [2.24, 2.45) is 0 Å². The van der Waals surface area contributed by atoms with Gasteiger partial charge in [-0.25, -0.2) is 0 Å². The van der Waals surface area contributed by atoms with Crippen molar-refractivity contribution in [1.29, 1.82) is 0 Å². The maximum atomic E-state index is 9.91. The van der Waals surface area contributed by atoms with Crippen LogP contribution in [0.25, 0.3) is 5.57 Å². The van der Waals surface area contributed by atoms with E-state index in [1.54, 1.807) is 0 Å². The topological polar surface area (TPSA) is 20.2 Å². The van der Waals surface area contributed by atoms with Gasteiger partial charge >= 0.3 is 0 Å². The number of hydrogen-bond acceptors (Lipinski definition) is 1. The molecule has 0 aliphatic heterocycles. The highest BCUT2D eigenvalue weighted by molar-refractivity contribution is 5.66. The Hall–Kier alpha value is -1.78. The Morgan fingerprint density at radius 1 is 1.26 bits per heavy atom. The lowest BCUT2D eigenvalue weighted by molar-refractivity contribution is 0.259. The van der Waals surface area contributed by atoms with Gasteiger partial charge in [0.25, 0.3) is 0 Å². The van der Waals surface area contributed by atoms with Gasteiger partial charge < -0.3 is 5.11 Å². The molecule has 0 bridgehead atoms. The van der Waals surface area contributed by atoms with Gasteiger partial charge in [-0.05, 0) is 54.9 Å². The number of allylic oxidation sites excluding steroid dienone is 3. The Kier molecular flexibility index (Phi) is 4.60. The first-order valence-electron chi connectivity index (χ1n) is 6.82. The molecule has 1 heteroatoms. The standard InChI is InChI=1S/C18H20O/c1-3-18(19)17-12-8-7-11-16(17)13-14(2)15-9-5-4-6-10-15/h1,4-6,9-10,13,18-19H,7-8,11-12H2,2H3/b14-13-. The van der Waals surface area contributed by atoms with E-state index in [-0.39, 0.29) is 0 Å². The molecule has 19 heavy (non-hydrogen) atoms. The molecule has 0 saturated carbocycles. The van der Waals surface area contributed by atoms with E-state index in [0.717, 1.165) is 24.8 Å². The molecule has 1 aliphatic carbocycles. The molecule has 1 aromatic carbocycles. The van der Waals surface area contributed by atoms with Crippen LogP contribution in [-0.4, -0.2) is 11.2 Å². The minimum atomic E-state index is -0.727. The number of terminal acetylenes is 1. The molecule has 1 N–H and O–H groups in total. The third-order valence-electron chi connectivity index (χ3n) is 3.66. The fourth-order valence-corrected chi connectivity index (χ4v) is 2.58. The molecule has 0 spiro atoms. The van der Waals surface area contributed by atoms with Crippen LogP contribution in [0, 0.1) is 12.3 Å². The molecule has 2 rings (SSSR count). The van der Waals surface area contributed by atoms with E-state index >= 15 is 0 Å². The zero-order valence-electron chi connectivity index (χ0n) is 11.4. The van der Waals surface area contributed by atoms with Gasteiger partial charge in [0.15, 0.2) is 0 Å². The molecule has 1 atom stereocenters. The Balaban J connectivity index is 2.34. The molecular weight excluding hydrogens is 232 g/mol. The average Bonchev–Trinajstić information content (AvgIpc) is 2.48. The van der Waals surface area contributed by atoms with Crippen LogP contribution in [0.3, 0.4) is 0 Å². The second-order valence-electron chi connectivity index (χ2n) is 5.02. The maximum Gasteiger partial charge on any atom is 0.136 e. The van der Waals surface area contributed by atoms with Gasteiger partial charge in [0.05, 0.1) is 0 Å². The van der Waals surface area contributed by atoms with Crippen molar-refractivity contribution >= 4 is 5.57 Å². The summed E-state index contributed by atoms with van der Waals surface area (Å²) in [4.78, 5) is 0. The first-order valence-corrected chi connectivity index (χ1v) is 6.82. The van der Waals surface area contributed by atoms with Gasteiger partial charge in [0.2, 0.25) is 0 Å². The zero-order valence-corrected chi connectivity index (χ0v) is 11.4. The molecule has 0 amide bonds. The zero-order chi connectivity index (χ0) is 13.7. The van der Waals surface area contributed by atoms with Gasteiger partial charge in [0, 0.05) is 0 Å². The van der Waals surface area contributed by atoms with Crippen molar-refractivity contribution in [2.45, 2.75) is 38.7 Å². The normalized spacial score (nSPS) is 18.1. The highest BCUT2D eigenvalue weighted by Crippen LogP contribution is 2.30. The number of benzene rings is 1. The van der Waals surface area contributed by atoms with E-state index in [4.69, 9.17) is 6.42 Å². The van der Waals surface area contributed by atoms with E-state index in [1.807, 2.05) is 18.2 Å². The van der Waals surface area contributed by atoms with E-state index in [2.05, 4.69) is 31.1 Å². The number of aliphatic hydroxyl groups is 1. The predicted octanol–water partition coefficient (Wildman–Crippen LogP) is 3.95. The molecule has 1 unspecified atom stereocenters. The van der Waals surface area contributed by atoms with Crippen molar-refractivity contribution in [3.63, 3.8) is 0 Å². The second kappa shape index (κ2) is 6.41. The molecule has 0 radical (unpaired) electrons. The van der Waals surface area contributed by atoms with Crippen LogP contribution in [0.1, 0.15) is 38.2 Å². The molecule has 1 nitrogen and oxygen atoms in total. The molecule has 0 fully saturated rings. The Morgan fingerprint density at radius 2 is 1.95 bits per heavy atom. The summed E-state index contributed by atoms with van der Waals surface area (Å²) in [6.07, 6.45) is 11.0. The third-order valence-corrected chi connectivity index (χ3v) is 3.66. The molecule has 0 saturated heterocycles. The largest absolute Gasteiger partial charge is 0.376 e. The minimum absolute atomic E-state index is 0.727. The van der Waals surface area contributed by atoms with Crippen LogP contribution >= 0.6 is 0 Å². The summed E-state index contributed by atoms with van der Waals surface area (Å²) in [5.74, 6) is 2.45. The van der Waals surface area contributed by atoms with Gasteiger partial charge in [-0.15, -0.1) is 6.42 Å². The summed E-state index contributed by atoms with van der Waals surface area (Å²) < 4.78 is 0. The summed E-state index contributed by atoms with van der Waals surface area (Å²) in [5, 5.41) is 9.91. The summed E-state index contributed by atoms with van der Waals surface area (Å²) in [7, 11) is 0. The van der Waals surface area contributed by atoms with Gasteiger partial charge in [0.1, 0.15) is 6.10 Å². The first-order chi connectivity index (χ1) is 9.22. The molecule has 1 aliphatic rings. The van der Waals surface area contributed by atoms with Crippen LogP contribution in [0.5, 0.6) is 0 Å². The minimum Gasteiger partial charge on any atom is -0.376 e. The lowest BCUT2D eigenvalue weighted by Gasteiger charge is -2.20. The van der Waals surface area contributed by atoms with Crippen LogP contribution in [-0.2, 0) is 0 Å². The van der Waals surface area contributed by atoms with Crippen LogP contribution < -0.4 is 0 Å². The van der Waals surface area contributed by atoms with Gasteiger partial charge in [-0.3, -0.25) is 0 Å². The second-order valence-corrected chi connectivity index (χ2v) is 5.02. The fraction of sp³-hybridized carbons (Fsp3) is 0.333. The molecule has 0 heterocycles. The quantitative estimate of drug-likeness (QED) is 0.807. The third kappa shape index (κ3) is 3.36. The Labute approximate surface area is 115 Å². The van der Waals surface area contributed by atoms with Crippen LogP contribution in [0.2, 0.25) is 0 Å². The van der Waals surface area contributed by atoms with Crippen molar-refractivity contribution in [1.82, 2.24) is 0 Å². The van der Waals surface area contributed by atoms with Gasteiger partial charge in [-0.2, -0.15) is 0 Å². The predicted molar refractivity (Wildman–Crippen MR) is 80.4 cm³/mol. The summed E-state index contributed by atoms with van der Waals surface area (Å²) in [6, 6.07) is 10.3. The average molecular weight is 252 g/mol. The SMILES string of the molecule is C#CC(O)C1=C(/C=C(/C)c2ccccc2)CCCC1. The first kappa shape index (κ1) is 13.6. The van der Waals surface area contributed by atoms with Crippen molar-refractivity contribution in [2.75, 3.05) is 0 Å². The number of aliphatic hydroxyl groups excluding tert-OH is 1. The highest BCUT2D eigenvalue weighted by atomic mass is 16.3. The van der Waals surface area contributed by atoms with Crippen molar-refractivity contribution in [3.8, 4) is 12.3 Å². The van der Waals surface area contributed by atoms with Crippen LogP contribution in [0.15, 0.2) is 47.6 Å². The van der Waals surface area contributed by atoms with Gasteiger partial charge in [-0.1, -0.05) is 42.3 Å². The van der Waals surface area contributed by atoms with Crippen molar-refractivity contribution < 1.29 is 5.11 Å². The summed E-state index contributed by atoms with van der Waals surface area (Å²) >= 11 is 0. The smallest absolute Gasteiger partial charge is 0.136 e. The fourth-order valence-electron chi connectivity index (χ4n) is 2.58. The lowest BCUT2D eigenvalue weighted by atomic mass is 9.87. The molecule has 98 valence electrons. The Bertz CT molecular complexity index is 529. The summed E-state index contributed by atoms with van der Waals surface area (Å²) in [5.41, 5.74) is 4.69. The summed E-state index contributed by atoms with van der Waals surface area (Å²) in [6.45, 7) is 2.11. The number of rotatable bonds is 3. The van der Waals surface area contributed by atoms with E-state index in [9.17, 15) is 5.11 Å². The molecule has 1 aromatic rings. The number of hydrogen-bond donors (Lipinski definition) is 1. The van der Waals surface area contributed by atoms with E-state index in [0.29, 0.717) is 0 Å². The monoisotopic (exact) mass is 252 g/mol. The Morgan fingerprint density at radius 3 is 2.63 bits per heavy atom. The lowest BCUT2D eigenvalue weighted by Crippen LogP contribution is -2.12. The van der Waals surface area contributed by atoms with Crippen LogP contribution in [0.4, 0.5) is 0 Å². The molecular formula is C18H20O. The van der Waals surface area contributed by atoms with E-state index < -0.39 is 6.10 Å². The highest BCUT2D eigenvalue weighted by Gasteiger charge is 2.16. The van der Waals surface area contributed by atoms with Crippen molar-refractivity contribution in [3.05, 3.63) is 53.1 Å². The van der Waals surface area contributed by atoms with E-state index in [1.165, 1.54) is 23.1 Å². The molecule has 0 aromatic heterocycles. The maximum absolute atomic E-state index is 9.91.